The van der Waals surface area contributed by atoms with Crippen LogP contribution in [0.3, 0.4) is 0 Å². The molecular formula is C46H46Cl2SiZr. The van der Waals surface area contributed by atoms with E-state index in [1.165, 1.54) is 76.5 Å². The first kappa shape index (κ1) is 39.5. The zero-order valence-corrected chi connectivity index (χ0v) is 34.9. The summed E-state index contributed by atoms with van der Waals surface area (Å²) < 4.78 is 0. The minimum Gasteiger partial charge on any atom is -0.147 e. The molecule has 0 amide bonds. The Morgan fingerprint density at radius 3 is 1.10 bits per heavy atom. The van der Waals surface area contributed by atoms with Gasteiger partial charge in [0.05, 0.1) is 0 Å². The Morgan fingerprint density at radius 2 is 0.740 bits per heavy atom. The summed E-state index contributed by atoms with van der Waals surface area (Å²) in [6.07, 6.45) is 0. The molecule has 8 aromatic rings. The third kappa shape index (κ3) is 8.78. The summed E-state index contributed by atoms with van der Waals surface area (Å²) in [6, 6.07) is 53.0. The maximum absolute atomic E-state index is 2.36. The SMILES string of the molecule is CC(C)c1cc2c(-c3cccc4ccccc34)cccc2[cH-]1.CC(C)c1cc2c(-c3cccc4ccccc34)cccc2[cH-]1.C[Si](C)=[Zr+2].Cl.Cl. The van der Waals surface area contributed by atoms with E-state index < -0.39 is 0 Å². The van der Waals surface area contributed by atoms with Gasteiger partial charge in [0.1, 0.15) is 0 Å². The van der Waals surface area contributed by atoms with Crippen molar-refractivity contribution in [3.05, 3.63) is 157 Å². The molecule has 0 saturated carbocycles. The quantitative estimate of drug-likeness (QED) is 0.123. The van der Waals surface area contributed by atoms with E-state index in [1.54, 1.807) is 23.3 Å². The van der Waals surface area contributed by atoms with Gasteiger partial charge < -0.3 is 0 Å². The maximum Gasteiger partial charge on any atom is -0.147 e. The summed E-state index contributed by atoms with van der Waals surface area (Å²) in [6.45, 7) is 13.6. The number of halogens is 2. The van der Waals surface area contributed by atoms with Crippen LogP contribution in [0.1, 0.15) is 50.7 Å². The fourth-order valence-electron chi connectivity index (χ4n) is 6.57. The minimum atomic E-state index is 0. The molecule has 0 aromatic heterocycles. The van der Waals surface area contributed by atoms with Gasteiger partial charge in [-0.05, 0) is 44.5 Å². The molecule has 0 fully saturated rings. The van der Waals surface area contributed by atoms with Crippen molar-refractivity contribution < 1.29 is 23.3 Å². The van der Waals surface area contributed by atoms with E-state index in [4.69, 9.17) is 0 Å². The number of hydrogen-bond acceptors (Lipinski definition) is 0. The van der Waals surface area contributed by atoms with Crippen molar-refractivity contribution in [2.75, 3.05) is 0 Å². The fourth-order valence-corrected chi connectivity index (χ4v) is 6.57. The molecule has 0 aliphatic heterocycles. The molecule has 252 valence electrons. The summed E-state index contributed by atoms with van der Waals surface area (Å²) in [5, 5.41) is 10.7. The molecular weight excluding hydrogens is 743 g/mol. The van der Waals surface area contributed by atoms with Crippen LogP contribution >= 0.6 is 24.8 Å². The maximum atomic E-state index is 2.36. The molecule has 0 N–H and O–H groups in total. The van der Waals surface area contributed by atoms with Gasteiger partial charge in [0.2, 0.25) is 0 Å². The zero-order valence-electron chi connectivity index (χ0n) is 29.8. The van der Waals surface area contributed by atoms with Gasteiger partial charge >= 0.3 is 41.9 Å². The van der Waals surface area contributed by atoms with Crippen LogP contribution in [0.15, 0.2) is 146 Å². The van der Waals surface area contributed by atoms with Gasteiger partial charge in [-0.15, -0.1) is 93.9 Å². The normalized spacial score (nSPS) is 10.8. The molecule has 50 heavy (non-hydrogen) atoms. The van der Waals surface area contributed by atoms with Crippen LogP contribution in [0.2, 0.25) is 13.1 Å². The van der Waals surface area contributed by atoms with Gasteiger partial charge in [0.15, 0.2) is 0 Å². The summed E-state index contributed by atoms with van der Waals surface area (Å²) in [7, 11) is 0. The smallest absolute Gasteiger partial charge is 0.147 e. The summed E-state index contributed by atoms with van der Waals surface area (Å²) in [4.78, 5) is 0. The average Bonchev–Trinajstić information content (AvgIpc) is 3.74. The van der Waals surface area contributed by atoms with Crippen LogP contribution < -0.4 is 0 Å². The fraction of sp³-hybridized carbons (Fsp3) is 0.174. The van der Waals surface area contributed by atoms with E-state index >= 15 is 0 Å². The van der Waals surface area contributed by atoms with Crippen molar-refractivity contribution in [2.45, 2.75) is 52.6 Å². The van der Waals surface area contributed by atoms with Crippen LogP contribution in [0, 0.1) is 0 Å². The van der Waals surface area contributed by atoms with Crippen molar-refractivity contribution in [1.29, 1.82) is 0 Å². The van der Waals surface area contributed by atoms with Crippen LogP contribution in [0.4, 0.5) is 0 Å². The molecule has 0 heterocycles. The van der Waals surface area contributed by atoms with E-state index in [2.05, 4.69) is 186 Å². The third-order valence-electron chi connectivity index (χ3n) is 9.04. The van der Waals surface area contributed by atoms with Crippen molar-refractivity contribution >= 4 is 73.3 Å². The largest absolute Gasteiger partial charge is 0.147 e. The van der Waals surface area contributed by atoms with Crippen molar-refractivity contribution in [3.63, 3.8) is 0 Å². The number of fused-ring (bicyclic) bond motifs is 4. The topological polar surface area (TPSA) is 0 Å². The molecule has 0 unspecified atom stereocenters. The van der Waals surface area contributed by atoms with Gasteiger partial charge in [0, 0.05) is 0 Å². The van der Waals surface area contributed by atoms with E-state index in [-0.39, 0.29) is 30.2 Å². The Bertz CT molecular complexity index is 2180. The van der Waals surface area contributed by atoms with Crippen molar-refractivity contribution in [1.82, 2.24) is 0 Å². The second-order valence-corrected chi connectivity index (χ2v) is 22.9. The number of rotatable bonds is 4. The third-order valence-corrected chi connectivity index (χ3v) is 9.04. The molecule has 0 spiro atoms. The first-order chi connectivity index (χ1) is 23.2. The van der Waals surface area contributed by atoms with Gasteiger partial charge in [-0.1, -0.05) is 136 Å². The Kier molecular flexibility index (Phi) is 14.1. The first-order valence-corrected chi connectivity index (χ1v) is 23.3. The van der Waals surface area contributed by atoms with Crippen LogP contribution in [-0.4, -0.2) is 5.43 Å². The van der Waals surface area contributed by atoms with Crippen LogP contribution in [-0.2, 0) is 23.3 Å². The molecule has 0 aliphatic rings. The Labute approximate surface area is 325 Å². The van der Waals surface area contributed by atoms with Gasteiger partial charge in [-0.2, -0.15) is 12.1 Å². The summed E-state index contributed by atoms with van der Waals surface area (Å²) in [5.74, 6) is 1.13. The minimum absolute atomic E-state index is 0. The monoisotopic (exact) mass is 786 g/mol. The molecule has 8 rings (SSSR count). The van der Waals surface area contributed by atoms with Gasteiger partial charge in [-0.25, -0.2) is 0 Å². The van der Waals surface area contributed by atoms with Gasteiger partial charge in [0.25, 0.3) is 0 Å². The van der Waals surface area contributed by atoms with Crippen LogP contribution in [0.5, 0.6) is 0 Å². The predicted octanol–water partition coefficient (Wildman–Crippen LogP) is 14.6. The van der Waals surface area contributed by atoms with E-state index in [1.807, 2.05) is 0 Å². The summed E-state index contributed by atoms with van der Waals surface area (Å²) >= 11 is 1.74. The zero-order chi connectivity index (χ0) is 33.8. The molecule has 8 aromatic carbocycles. The number of benzene rings is 6. The van der Waals surface area contributed by atoms with Gasteiger partial charge in [-0.3, -0.25) is 0 Å². The number of hydrogen-bond donors (Lipinski definition) is 0. The molecule has 0 radical (unpaired) electrons. The van der Waals surface area contributed by atoms with Crippen molar-refractivity contribution in [3.8, 4) is 22.3 Å². The van der Waals surface area contributed by atoms with Crippen molar-refractivity contribution in [2.24, 2.45) is 0 Å². The molecule has 4 heteroatoms. The second kappa shape index (κ2) is 17.8. The predicted molar refractivity (Wildman–Crippen MR) is 225 cm³/mol. The van der Waals surface area contributed by atoms with E-state index in [9.17, 15) is 0 Å². The molecule has 0 nitrogen and oxygen atoms in total. The van der Waals surface area contributed by atoms with E-state index in [0.29, 0.717) is 11.8 Å². The molecule has 0 aliphatic carbocycles. The standard InChI is InChI=1S/2C22H19.C2H6Si.2ClH.Zr/c2*1-15(2)18-13-17-9-6-12-21(22(17)14-18)20-11-5-8-16-7-3-4-10-19(16)20;1-3-2;;;/h2*3-15H,1-2H3;1-2H3;2*1H;/q2*-1;;;;+2. The molecule has 0 saturated heterocycles. The first-order valence-electron chi connectivity index (χ1n) is 17.1. The average molecular weight is 789 g/mol. The Balaban J connectivity index is 0.000000196. The van der Waals surface area contributed by atoms with Crippen LogP contribution in [0.25, 0.3) is 65.3 Å². The van der Waals surface area contributed by atoms with E-state index in [0.717, 1.165) is 0 Å². The second-order valence-electron chi connectivity index (χ2n) is 13.6. The molecule has 0 bridgehead atoms. The summed E-state index contributed by atoms with van der Waals surface area (Å²) in [5.41, 5.74) is 8.36. The Morgan fingerprint density at radius 1 is 0.440 bits per heavy atom. The molecule has 0 atom stereocenters. The Hall–Kier alpha value is -3.26.